The van der Waals surface area contributed by atoms with Crippen molar-refractivity contribution in [3.63, 3.8) is 0 Å². The number of esters is 1. The highest BCUT2D eigenvalue weighted by molar-refractivity contribution is 14.1. The minimum absolute atomic E-state index is 0.444. The Morgan fingerprint density at radius 3 is 2.94 bits per heavy atom. The van der Waals surface area contributed by atoms with Crippen molar-refractivity contribution in [3.8, 4) is 0 Å². The first-order valence-electron chi connectivity index (χ1n) is 4.44. The molecule has 16 heavy (non-hydrogen) atoms. The van der Waals surface area contributed by atoms with Crippen LogP contribution in [0.3, 0.4) is 0 Å². The first-order valence-corrected chi connectivity index (χ1v) is 5.96. The van der Waals surface area contributed by atoms with E-state index in [1.54, 1.807) is 0 Å². The molecule has 0 aliphatic carbocycles. The number of alkyl halides is 1. The molecule has 0 aliphatic rings. The Morgan fingerprint density at radius 2 is 2.31 bits per heavy atom. The second-order valence-electron chi connectivity index (χ2n) is 2.83. The molecule has 0 aromatic heterocycles. The number of ether oxygens (including phenoxy) is 1. The Kier molecular flexibility index (Phi) is 5.54. The van der Waals surface area contributed by atoms with Crippen LogP contribution in [-0.2, 0) is 9.53 Å². The molecule has 0 spiro atoms. The standard InChI is InChI=1S/C10H10ClIN2O2/c1-7(15)16-10(11)6-13-14-9-5-3-2-4-8(9)12/h2-6,10,14H,1H3/b13-6+. The number of halogens is 2. The lowest BCUT2D eigenvalue weighted by Crippen LogP contribution is -2.11. The van der Waals surface area contributed by atoms with Gasteiger partial charge in [0.25, 0.3) is 0 Å². The zero-order chi connectivity index (χ0) is 12.0. The summed E-state index contributed by atoms with van der Waals surface area (Å²) in [6, 6.07) is 7.65. The third-order valence-electron chi connectivity index (χ3n) is 1.53. The molecule has 86 valence electrons. The van der Waals surface area contributed by atoms with Crippen LogP contribution in [0.25, 0.3) is 0 Å². The van der Waals surface area contributed by atoms with E-state index in [0.717, 1.165) is 9.26 Å². The number of hydrogen-bond acceptors (Lipinski definition) is 4. The molecule has 0 saturated carbocycles. The molecule has 0 aliphatic heterocycles. The van der Waals surface area contributed by atoms with Gasteiger partial charge in [-0.1, -0.05) is 23.7 Å². The van der Waals surface area contributed by atoms with Crippen LogP contribution in [0, 0.1) is 3.57 Å². The first kappa shape index (κ1) is 13.2. The highest BCUT2D eigenvalue weighted by Crippen LogP contribution is 2.16. The summed E-state index contributed by atoms with van der Waals surface area (Å²) in [5.41, 5.74) is 2.81. The summed E-state index contributed by atoms with van der Waals surface area (Å²) in [5, 5.41) is 3.87. The summed E-state index contributed by atoms with van der Waals surface area (Å²) >= 11 is 7.83. The number of carbonyl (C=O) groups is 1. The molecule has 0 amide bonds. The molecule has 1 unspecified atom stereocenters. The third-order valence-corrected chi connectivity index (χ3v) is 2.67. The van der Waals surface area contributed by atoms with Crippen molar-refractivity contribution < 1.29 is 9.53 Å². The Morgan fingerprint density at radius 1 is 1.62 bits per heavy atom. The zero-order valence-electron chi connectivity index (χ0n) is 8.48. The highest BCUT2D eigenvalue weighted by atomic mass is 127. The summed E-state index contributed by atoms with van der Waals surface area (Å²) < 4.78 is 5.69. The van der Waals surface area contributed by atoms with Crippen LogP contribution in [0.2, 0.25) is 0 Å². The zero-order valence-corrected chi connectivity index (χ0v) is 11.4. The molecule has 1 N–H and O–H groups in total. The van der Waals surface area contributed by atoms with Crippen LogP contribution in [0.4, 0.5) is 5.69 Å². The summed E-state index contributed by atoms with van der Waals surface area (Å²) in [5.74, 6) is -0.444. The minimum atomic E-state index is -0.855. The largest absolute Gasteiger partial charge is 0.440 e. The number of rotatable bonds is 4. The fourth-order valence-electron chi connectivity index (χ4n) is 0.906. The van der Waals surface area contributed by atoms with Gasteiger partial charge in [0.05, 0.1) is 11.9 Å². The van der Waals surface area contributed by atoms with Gasteiger partial charge in [-0.25, -0.2) is 0 Å². The smallest absolute Gasteiger partial charge is 0.304 e. The maximum atomic E-state index is 10.6. The fourth-order valence-corrected chi connectivity index (χ4v) is 1.60. The van der Waals surface area contributed by atoms with Crippen LogP contribution in [0.5, 0.6) is 0 Å². The van der Waals surface area contributed by atoms with Gasteiger partial charge in [0.15, 0.2) is 0 Å². The average Bonchev–Trinajstić information content (AvgIpc) is 2.19. The molecule has 0 fully saturated rings. The SMILES string of the molecule is CC(=O)OC(Cl)/C=N/Nc1ccccc1I. The maximum Gasteiger partial charge on any atom is 0.304 e. The van der Waals surface area contributed by atoms with Crippen LogP contribution in [-0.4, -0.2) is 17.7 Å². The van der Waals surface area contributed by atoms with E-state index in [1.807, 2.05) is 24.3 Å². The summed E-state index contributed by atoms with van der Waals surface area (Å²) in [6.07, 6.45) is 1.31. The number of benzene rings is 1. The molecule has 0 bridgehead atoms. The Balaban J connectivity index is 2.48. The Labute approximate surface area is 112 Å². The number of para-hydroxylation sites is 1. The van der Waals surface area contributed by atoms with Gasteiger partial charge in [-0.2, -0.15) is 5.10 Å². The first-order chi connectivity index (χ1) is 7.59. The lowest BCUT2D eigenvalue weighted by Gasteiger charge is -2.05. The van der Waals surface area contributed by atoms with E-state index in [9.17, 15) is 4.79 Å². The topological polar surface area (TPSA) is 50.7 Å². The Hall–Kier alpha value is -0.820. The maximum absolute atomic E-state index is 10.6. The normalized spacial score (nSPS) is 12.4. The molecule has 1 aromatic rings. The van der Waals surface area contributed by atoms with E-state index in [4.69, 9.17) is 11.6 Å². The van der Waals surface area contributed by atoms with Crippen molar-refractivity contribution in [1.29, 1.82) is 0 Å². The number of hydrogen-bond donors (Lipinski definition) is 1. The van der Waals surface area contributed by atoms with Gasteiger partial charge in [0, 0.05) is 10.5 Å². The van der Waals surface area contributed by atoms with Crippen molar-refractivity contribution >= 4 is 52.1 Å². The molecule has 1 atom stereocenters. The van der Waals surface area contributed by atoms with Crippen molar-refractivity contribution in [2.45, 2.75) is 12.5 Å². The molecule has 0 radical (unpaired) electrons. The fraction of sp³-hybridized carbons (Fsp3) is 0.200. The van der Waals surface area contributed by atoms with Crippen molar-refractivity contribution in [2.75, 3.05) is 5.43 Å². The van der Waals surface area contributed by atoms with Crippen molar-refractivity contribution in [1.82, 2.24) is 0 Å². The highest BCUT2D eigenvalue weighted by Gasteiger charge is 2.03. The van der Waals surface area contributed by atoms with Gasteiger partial charge >= 0.3 is 5.97 Å². The monoisotopic (exact) mass is 352 g/mol. The molecule has 1 aromatic carbocycles. The van der Waals surface area contributed by atoms with Crippen LogP contribution < -0.4 is 5.43 Å². The lowest BCUT2D eigenvalue weighted by atomic mass is 10.3. The molecule has 6 heteroatoms. The quantitative estimate of drug-likeness (QED) is 0.298. The predicted octanol–water partition coefficient (Wildman–Crippen LogP) is 2.82. The number of carbonyl (C=O) groups excluding carboxylic acids is 1. The second-order valence-corrected chi connectivity index (χ2v) is 4.42. The van der Waals surface area contributed by atoms with Gasteiger partial charge in [0.2, 0.25) is 5.56 Å². The van der Waals surface area contributed by atoms with E-state index in [1.165, 1.54) is 13.1 Å². The molecular weight excluding hydrogens is 342 g/mol. The minimum Gasteiger partial charge on any atom is -0.440 e. The van der Waals surface area contributed by atoms with Gasteiger partial charge in [-0.05, 0) is 34.7 Å². The molecular formula is C10H10ClIN2O2. The predicted molar refractivity (Wildman–Crippen MR) is 72.7 cm³/mol. The second kappa shape index (κ2) is 6.70. The van der Waals surface area contributed by atoms with E-state index >= 15 is 0 Å². The van der Waals surface area contributed by atoms with Gasteiger partial charge in [-0.3, -0.25) is 10.2 Å². The van der Waals surface area contributed by atoms with Gasteiger partial charge < -0.3 is 4.74 Å². The van der Waals surface area contributed by atoms with E-state index in [-0.39, 0.29) is 0 Å². The van der Waals surface area contributed by atoms with Crippen molar-refractivity contribution in [3.05, 3.63) is 27.8 Å². The number of anilines is 1. The van der Waals surface area contributed by atoms with Crippen LogP contribution in [0.1, 0.15) is 6.92 Å². The molecule has 4 nitrogen and oxygen atoms in total. The number of nitrogens with one attached hydrogen (secondary N) is 1. The summed E-state index contributed by atoms with van der Waals surface area (Å²) in [6.45, 7) is 1.29. The van der Waals surface area contributed by atoms with Crippen molar-refractivity contribution in [2.24, 2.45) is 5.10 Å². The number of nitrogens with zero attached hydrogens (tertiary/aromatic N) is 1. The van der Waals surface area contributed by atoms with E-state index < -0.39 is 11.5 Å². The lowest BCUT2D eigenvalue weighted by molar-refractivity contribution is -0.140. The molecule has 0 saturated heterocycles. The summed E-state index contributed by atoms with van der Waals surface area (Å²) in [7, 11) is 0. The van der Waals surface area contributed by atoms with E-state index in [0.29, 0.717) is 0 Å². The molecule has 0 heterocycles. The summed E-state index contributed by atoms with van der Waals surface area (Å²) in [4.78, 5) is 10.6. The number of hydrazone groups is 1. The van der Waals surface area contributed by atoms with Gasteiger partial charge in [-0.15, -0.1) is 0 Å². The van der Waals surface area contributed by atoms with E-state index in [2.05, 4.69) is 37.9 Å². The molecule has 1 rings (SSSR count). The average molecular weight is 353 g/mol. The van der Waals surface area contributed by atoms with Crippen LogP contribution >= 0.6 is 34.2 Å². The van der Waals surface area contributed by atoms with Gasteiger partial charge in [0.1, 0.15) is 0 Å². The Bertz CT molecular complexity index is 398. The van der Waals surface area contributed by atoms with Crippen LogP contribution in [0.15, 0.2) is 29.4 Å². The third kappa shape index (κ3) is 4.80.